The van der Waals surface area contributed by atoms with Crippen molar-refractivity contribution >= 4 is 0 Å². The minimum absolute atomic E-state index is 0.401. The van der Waals surface area contributed by atoms with E-state index in [0.29, 0.717) is 5.54 Å². The average molecular weight is 276 g/mol. The zero-order valence-corrected chi connectivity index (χ0v) is 13.6. The van der Waals surface area contributed by atoms with Crippen molar-refractivity contribution in [1.29, 1.82) is 0 Å². The standard InChI is InChI=1S/C18H32N2/c1-12-10-19-18(3,16-6-7-16)11-20(12)13(2)17-9-14-4-5-15(17)8-14/h12-17,19H,4-11H2,1-3H3. The molecule has 4 fully saturated rings. The monoisotopic (exact) mass is 276 g/mol. The molecule has 6 atom stereocenters. The highest BCUT2D eigenvalue weighted by atomic mass is 15.3. The number of fused-ring (bicyclic) bond motifs is 2. The van der Waals surface area contributed by atoms with Gasteiger partial charge in [-0.2, -0.15) is 0 Å². The number of hydrogen-bond donors (Lipinski definition) is 1. The predicted molar refractivity (Wildman–Crippen MR) is 83.7 cm³/mol. The molecule has 1 heterocycles. The summed E-state index contributed by atoms with van der Waals surface area (Å²) in [5.41, 5.74) is 0.401. The van der Waals surface area contributed by atoms with E-state index < -0.39 is 0 Å². The maximum absolute atomic E-state index is 3.87. The second-order valence-corrected chi connectivity index (χ2v) is 8.67. The van der Waals surface area contributed by atoms with Crippen LogP contribution in [-0.4, -0.2) is 35.6 Å². The lowest BCUT2D eigenvalue weighted by molar-refractivity contribution is 0.0183. The predicted octanol–water partition coefficient (Wildman–Crippen LogP) is 3.27. The lowest BCUT2D eigenvalue weighted by Crippen LogP contribution is -2.65. The van der Waals surface area contributed by atoms with Crippen LogP contribution < -0.4 is 5.32 Å². The van der Waals surface area contributed by atoms with Crippen molar-refractivity contribution in [3.63, 3.8) is 0 Å². The Labute approximate surface area is 124 Å². The Morgan fingerprint density at radius 1 is 1.15 bits per heavy atom. The summed E-state index contributed by atoms with van der Waals surface area (Å²) in [7, 11) is 0. The lowest BCUT2D eigenvalue weighted by atomic mass is 9.81. The van der Waals surface area contributed by atoms with Gasteiger partial charge in [0, 0.05) is 30.7 Å². The number of piperazine rings is 1. The molecule has 2 heteroatoms. The van der Waals surface area contributed by atoms with Crippen LogP contribution in [0.2, 0.25) is 0 Å². The van der Waals surface area contributed by atoms with Crippen LogP contribution in [0.1, 0.15) is 59.3 Å². The maximum Gasteiger partial charge on any atom is 0.0309 e. The Hall–Kier alpha value is -0.0800. The third kappa shape index (κ3) is 2.14. The molecule has 4 rings (SSSR count). The average Bonchev–Trinajstić information content (AvgIpc) is 3.11. The van der Waals surface area contributed by atoms with E-state index in [0.717, 1.165) is 35.8 Å². The third-order valence-electron chi connectivity index (χ3n) is 7.29. The lowest BCUT2D eigenvalue weighted by Gasteiger charge is -2.50. The van der Waals surface area contributed by atoms with Crippen LogP contribution in [0, 0.1) is 23.7 Å². The summed E-state index contributed by atoms with van der Waals surface area (Å²) in [6.45, 7) is 9.94. The van der Waals surface area contributed by atoms with Crippen LogP contribution in [0.15, 0.2) is 0 Å². The molecule has 1 saturated heterocycles. The van der Waals surface area contributed by atoms with E-state index in [4.69, 9.17) is 0 Å². The minimum Gasteiger partial charge on any atom is -0.308 e. The van der Waals surface area contributed by atoms with E-state index in [9.17, 15) is 0 Å². The molecule has 20 heavy (non-hydrogen) atoms. The van der Waals surface area contributed by atoms with Crippen molar-refractivity contribution < 1.29 is 0 Å². The molecule has 4 aliphatic rings. The normalized spacial score (nSPS) is 50.5. The largest absolute Gasteiger partial charge is 0.308 e. The highest BCUT2D eigenvalue weighted by Gasteiger charge is 2.49. The summed E-state index contributed by atoms with van der Waals surface area (Å²) in [6.07, 6.45) is 9.05. The van der Waals surface area contributed by atoms with Crippen LogP contribution in [0.3, 0.4) is 0 Å². The molecular formula is C18H32N2. The SMILES string of the molecule is CC1CNC(C)(C2CC2)CN1C(C)C1CC2CCC1C2. The van der Waals surface area contributed by atoms with Crippen LogP contribution in [-0.2, 0) is 0 Å². The topological polar surface area (TPSA) is 15.3 Å². The first-order valence-corrected chi connectivity index (χ1v) is 9.07. The molecule has 2 nitrogen and oxygen atoms in total. The summed E-state index contributed by atoms with van der Waals surface area (Å²) in [6, 6.07) is 1.52. The number of nitrogens with one attached hydrogen (secondary N) is 1. The van der Waals surface area contributed by atoms with Gasteiger partial charge in [0.05, 0.1) is 0 Å². The van der Waals surface area contributed by atoms with Gasteiger partial charge in [-0.15, -0.1) is 0 Å². The first kappa shape index (κ1) is 13.6. The molecule has 0 aromatic carbocycles. The molecule has 2 bridgehead atoms. The highest BCUT2D eigenvalue weighted by molar-refractivity contribution is 5.05. The smallest absolute Gasteiger partial charge is 0.0309 e. The van der Waals surface area contributed by atoms with Gasteiger partial charge in [0.1, 0.15) is 0 Å². The molecule has 0 aromatic heterocycles. The van der Waals surface area contributed by atoms with E-state index in [2.05, 4.69) is 31.0 Å². The van der Waals surface area contributed by atoms with Gasteiger partial charge in [-0.25, -0.2) is 0 Å². The van der Waals surface area contributed by atoms with Crippen molar-refractivity contribution in [1.82, 2.24) is 10.2 Å². The van der Waals surface area contributed by atoms with Gasteiger partial charge >= 0.3 is 0 Å². The maximum atomic E-state index is 3.87. The number of nitrogens with zero attached hydrogens (tertiary/aromatic N) is 1. The Bertz CT molecular complexity index is 378. The van der Waals surface area contributed by atoms with E-state index >= 15 is 0 Å². The van der Waals surface area contributed by atoms with Crippen LogP contribution >= 0.6 is 0 Å². The summed E-state index contributed by atoms with van der Waals surface area (Å²) in [5.74, 6) is 4.09. The fourth-order valence-corrected chi connectivity index (χ4v) is 5.76. The molecule has 0 spiro atoms. The second-order valence-electron chi connectivity index (χ2n) is 8.67. The fraction of sp³-hybridized carbons (Fsp3) is 1.00. The molecule has 0 amide bonds. The summed E-state index contributed by atoms with van der Waals surface area (Å²) < 4.78 is 0. The molecule has 1 aliphatic heterocycles. The van der Waals surface area contributed by atoms with Crippen molar-refractivity contribution in [2.45, 2.75) is 76.9 Å². The van der Waals surface area contributed by atoms with Crippen LogP contribution in [0.4, 0.5) is 0 Å². The zero-order chi connectivity index (χ0) is 13.9. The van der Waals surface area contributed by atoms with E-state index in [1.165, 1.54) is 45.2 Å². The molecule has 3 saturated carbocycles. The van der Waals surface area contributed by atoms with Crippen molar-refractivity contribution in [3.05, 3.63) is 0 Å². The number of rotatable bonds is 3. The van der Waals surface area contributed by atoms with Gasteiger partial charge in [-0.3, -0.25) is 4.90 Å². The summed E-state index contributed by atoms with van der Waals surface area (Å²) in [4.78, 5) is 2.88. The van der Waals surface area contributed by atoms with Gasteiger partial charge in [-0.1, -0.05) is 6.42 Å². The van der Waals surface area contributed by atoms with Gasteiger partial charge in [0.25, 0.3) is 0 Å². The van der Waals surface area contributed by atoms with E-state index in [1.807, 2.05) is 0 Å². The Morgan fingerprint density at radius 3 is 2.55 bits per heavy atom. The molecule has 6 unspecified atom stereocenters. The first-order chi connectivity index (χ1) is 9.57. The fourth-order valence-electron chi connectivity index (χ4n) is 5.76. The summed E-state index contributed by atoms with van der Waals surface area (Å²) in [5, 5.41) is 3.87. The molecule has 1 N–H and O–H groups in total. The molecular weight excluding hydrogens is 244 g/mol. The summed E-state index contributed by atoms with van der Waals surface area (Å²) >= 11 is 0. The minimum atomic E-state index is 0.401. The highest BCUT2D eigenvalue weighted by Crippen LogP contribution is 2.51. The quantitative estimate of drug-likeness (QED) is 0.851. The van der Waals surface area contributed by atoms with Crippen molar-refractivity contribution in [2.24, 2.45) is 23.7 Å². The second kappa shape index (κ2) is 4.71. The van der Waals surface area contributed by atoms with Gasteiger partial charge in [0.2, 0.25) is 0 Å². The van der Waals surface area contributed by atoms with Gasteiger partial charge in [-0.05, 0) is 76.5 Å². The molecule has 0 radical (unpaired) electrons. The molecule has 114 valence electrons. The van der Waals surface area contributed by atoms with E-state index in [1.54, 1.807) is 6.42 Å². The van der Waals surface area contributed by atoms with Gasteiger partial charge in [0.15, 0.2) is 0 Å². The zero-order valence-electron chi connectivity index (χ0n) is 13.6. The van der Waals surface area contributed by atoms with E-state index in [-0.39, 0.29) is 0 Å². The Balaban J connectivity index is 1.48. The molecule has 0 aromatic rings. The van der Waals surface area contributed by atoms with Crippen molar-refractivity contribution in [2.75, 3.05) is 13.1 Å². The van der Waals surface area contributed by atoms with Crippen LogP contribution in [0.25, 0.3) is 0 Å². The Kier molecular flexibility index (Phi) is 3.20. The van der Waals surface area contributed by atoms with Gasteiger partial charge < -0.3 is 5.32 Å². The Morgan fingerprint density at radius 2 is 1.95 bits per heavy atom. The third-order valence-corrected chi connectivity index (χ3v) is 7.29. The first-order valence-electron chi connectivity index (χ1n) is 9.07. The van der Waals surface area contributed by atoms with Crippen LogP contribution in [0.5, 0.6) is 0 Å². The van der Waals surface area contributed by atoms with Crippen molar-refractivity contribution in [3.8, 4) is 0 Å². The molecule has 3 aliphatic carbocycles. The number of hydrogen-bond acceptors (Lipinski definition) is 2.